The first kappa shape index (κ1) is 16.7. The summed E-state index contributed by atoms with van der Waals surface area (Å²) in [5.74, 6) is -1.09. The number of hydrazine groups is 1. The van der Waals surface area contributed by atoms with Crippen molar-refractivity contribution >= 4 is 34.3 Å². The highest BCUT2D eigenvalue weighted by Crippen LogP contribution is 2.10. The van der Waals surface area contributed by atoms with Gasteiger partial charge < -0.3 is 4.98 Å². The van der Waals surface area contributed by atoms with Gasteiger partial charge in [-0.15, -0.1) is 0 Å². The van der Waals surface area contributed by atoms with Crippen LogP contribution in [0.4, 0.5) is 0 Å². The van der Waals surface area contributed by atoms with Crippen molar-refractivity contribution < 1.29 is 9.59 Å². The third kappa shape index (κ3) is 3.87. The van der Waals surface area contributed by atoms with E-state index in [0.717, 1.165) is 5.56 Å². The Morgan fingerprint density at radius 3 is 2.48 bits per heavy atom. The third-order valence-corrected chi connectivity index (χ3v) is 3.88. The molecule has 1 aromatic heterocycles. The molecule has 0 radical (unpaired) electrons. The fourth-order valence-electron chi connectivity index (χ4n) is 2.36. The number of aromatic nitrogens is 1. The number of hydrogen-bond acceptors (Lipinski definition) is 3. The van der Waals surface area contributed by atoms with Crippen molar-refractivity contribution in [3.05, 3.63) is 81.1 Å². The minimum Gasteiger partial charge on any atom is -0.360 e. The van der Waals surface area contributed by atoms with Gasteiger partial charge in [0.25, 0.3) is 5.91 Å². The Morgan fingerprint density at radius 2 is 1.72 bits per heavy atom. The molecule has 126 valence electrons. The van der Waals surface area contributed by atoms with Gasteiger partial charge in [0.15, 0.2) is 0 Å². The maximum absolute atomic E-state index is 12.3. The molecule has 0 unspecified atom stereocenters. The van der Waals surface area contributed by atoms with Gasteiger partial charge in [0, 0.05) is 22.1 Å². The average molecular weight is 356 g/mol. The Balaban J connectivity index is 1.66. The Labute approximate surface area is 147 Å². The number of aromatic amines is 1. The Kier molecular flexibility index (Phi) is 4.81. The molecule has 0 atom stereocenters. The molecule has 1 heterocycles. The van der Waals surface area contributed by atoms with Crippen LogP contribution in [-0.2, 0) is 11.2 Å². The molecule has 0 spiro atoms. The number of halogens is 1. The van der Waals surface area contributed by atoms with Gasteiger partial charge in [-0.1, -0.05) is 35.9 Å². The van der Waals surface area contributed by atoms with E-state index in [1.165, 1.54) is 6.20 Å². The van der Waals surface area contributed by atoms with Crippen LogP contribution in [0, 0.1) is 0 Å². The molecule has 3 aromatic rings. The number of fused-ring (bicyclic) bond motifs is 1. The first-order chi connectivity index (χ1) is 12.0. The maximum atomic E-state index is 12.3. The normalized spacial score (nSPS) is 10.4. The van der Waals surface area contributed by atoms with Crippen molar-refractivity contribution in [1.82, 2.24) is 15.8 Å². The van der Waals surface area contributed by atoms with Crippen molar-refractivity contribution in [2.45, 2.75) is 6.42 Å². The lowest BCUT2D eigenvalue weighted by Crippen LogP contribution is -2.43. The van der Waals surface area contributed by atoms with E-state index in [0.29, 0.717) is 15.9 Å². The van der Waals surface area contributed by atoms with Crippen molar-refractivity contribution in [1.29, 1.82) is 0 Å². The predicted octanol–water partition coefficient (Wildman–Crippen LogP) is 2.19. The standard InChI is InChI=1S/C18H14ClN3O3/c19-12-7-5-11(6-8-12)9-16(23)21-22-18(25)14-10-20-15-4-2-1-3-13(15)17(14)24/h1-8,10H,9H2,(H,20,24)(H,21,23)(H,22,25). The minimum atomic E-state index is -0.684. The number of pyridine rings is 1. The van der Waals surface area contributed by atoms with Crippen LogP contribution in [0.15, 0.2) is 59.5 Å². The molecule has 3 N–H and O–H groups in total. The molecule has 2 amide bonds. The Hall–Kier alpha value is -3.12. The van der Waals surface area contributed by atoms with Crippen LogP contribution in [0.2, 0.25) is 5.02 Å². The second kappa shape index (κ2) is 7.19. The number of nitrogens with one attached hydrogen (secondary N) is 3. The molecular formula is C18H14ClN3O3. The van der Waals surface area contributed by atoms with Crippen LogP contribution in [-0.4, -0.2) is 16.8 Å². The summed E-state index contributed by atoms with van der Waals surface area (Å²) >= 11 is 5.78. The van der Waals surface area contributed by atoms with Gasteiger partial charge in [0.2, 0.25) is 11.3 Å². The highest BCUT2D eigenvalue weighted by Gasteiger charge is 2.13. The topological polar surface area (TPSA) is 91.1 Å². The van der Waals surface area contributed by atoms with E-state index in [-0.39, 0.29) is 12.0 Å². The van der Waals surface area contributed by atoms with Gasteiger partial charge in [-0.25, -0.2) is 0 Å². The zero-order chi connectivity index (χ0) is 17.8. The number of hydrogen-bond donors (Lipinski definition) is 3. The van der Waals surface area contributed by atoms with Crippen LogP contribution in [0.3, 0.4) is 0 Å². The van der Waals surface area contributed by atoms with Crippen LogP contribution in [0.1, 0.15) is 15.9 Å². The fourth-order valence-corrected chi connectivity index (χ4v) is 2.49. The monoisotopic (exact) mass is 355 g/mol. The lowest BCUT2D eigenvalue weighted by atomic mass is 10.1. The number of para-hydroxylation sites is 1. The molecule has 0 aliphatic heterocycles. The van der Waals surface area contributed by atoms with E-state index in [2.05, 4.69) is 15.8 Å². The van der Waals surface area contributed by atoms with Crippen LogP contribution < -0.4 is 16.3 Å². The highest BCUT2D eigenvalue weighted by atomic mass is 35.5. The van der Waals surface area contributed by atoms with Crippen LogP contribution >= 0.6 is 11.6 Å². The molecule has 0 aliphatic carbocycles. The lowest BCUT2D eigenvalue weighted by molar-refractivity contribution is -0.121. The Bertz CT molecular complexity index is 996. The van der Waals surface area contributed by atoms with E-state index in [1.807, 2.05) is 0 Å². The van der Waals surface area contributed by atoms with Crippen molar-refractivity contribution in [2.75, 3.05) is 0 Å². The molecule has 3 rings (SSSR count). The molecule has 7 heteroatoms. The van der Waals surface area contributed by atoms with E-state index in [9.17, 15) is 14.4 Å². The second-order valence-corrected chi connectivity index (χ2v) is 5.82. The first-order valence-corrected chi connectivity index (χ1v) is 7.86. The summed E-state index contributed by atoms with van der Waals surface area (Å²) in [7, 11) is 0. The Morgan fingerprint density at radius 1 is 1.00 bits per heavy atom. The molecule has 2 aromatic carbocycles. The van der Waals surface area contributed by atoms with Gasteiger partial charge in [0.05, 0.1) is 6.42 Å². The number of carbonyl (C=O) groups is 2. The summed E-state index contributed by atoms with van der Waals surface area (Å²) in [5, 5.41) is 0.982. The number of rotatable bonds is 3. The summed E-state index contributed by atoms with van der Waals surface area (Å²) in [4.78, 5) is 39.3. The average Bonchev–Trinajstić information content (AvgIpc) is 2.62. The fraction of sp³-hybridized carbons (Fsp3) is 0.0556. The summed E-state index contributed by atoms with van der Waals surface area (Å²) in [6.45, 7) is 0. The molecule has 6 nitrogen and oxygen atoms in total. The van der Waals surface area contributed by atoms with Gasteiger partial charge in [-0.2, -0.15) is 0 Å². The van der Waals surface area contributed by atoms with Crippen molar-refractivity contribution in [3.8, 4) is 0 Å². The zero-order valence-corrected chi connectivity index (χ0v) is 13.8. The maximum Gasteiger partial charge on any atom is 0.275 e. The summed E-state index contributed by atoms with van der Waals surface area (Å²) in [6.07, 6.45) is 1.40. The zero-order valence-electron chi connectivity index (χ0n) is 13.0. The van der Waals surface area contributed by atoms with E-state index < -0.39 is 17.2 Å². The van der Waals surface area contributed by atoms with Gasteiger partial charge >= 0.3 is 0 Å². The number of H-pyrrole nitrogens is 1. The molecule has 0 bridgehead atoms. The first-order valence-electron chi connectivity index (χ1n) is 7.48. The largest absolute Gasteiger partial charge is 0.360 e. The van der Waals surface area contributed by atoms with Crippen molar-refractivity contribution in [2.24, 2.45) is 0 Å². The van der Waals surface area contributed by atoms with Crippen LogP contribution in [0.5, 0.6) is 0 Å². The van der Waals surface area contributed by atoms with E-state index >= 15 is 0 Å². The van der Waals surface area contributed by atoms with E-state index in [1.54, 1.807) is 48.5 Å². The molecule has 0 saturated carbocycles. The summed E-state index contributed by atoms with van der Waals surface area (Å²) in [6, 6.07) is 13.7. The van der Waals surface area contributed by atoms with Gasteiger partial charge in [-0.05, 0) is 29.8 Å². The third-order valence-electron chi connectivity index (χ3n) is 3.63. The number of benzene rings is 2. The summed E-state index contributed by atoms with van der Waals surface area (Å²) < 4.78 is 0. The second-order valence-electron chi connectivity index (χ2n) is 5.38. The quantitative estimate of drug-likeness (QED) is 0.629. The lowest BCUT2D eigenvalue weighted by Gasteiger charge is -2.08. The number of amides is 2. The van der Waals surface area contributed by atoms with Gasteiger partial charge in [0.1, 0.15) is 5.56 Å². The molecular weight excluding hydrogens is 342 g/mol. The smallest absolute Gasteiger partial charge is 0.275 e. The van der Waals surface area contributed by atoms with Gasteiger partial charge in [-0.3, -0.25) is 25.2 Å². The molecule has 0 aliphatic rings. The van der Waals surface area contributed by atoms with E-state index in [4.69, 9.17) is 11.6 Å². The minimum absolute atomic E-state index is 0.0749. The van der Waals surface area contributed by atoms with Crippen molar-refractivity contribution in [3.63, 3.8) is 0 Å². The van der Waals surface area contributed by atoms with Crippen LogP contribution in [0.25, 0.3) is 10.9 Å². The highest BCUT2D eigenvalue weighted by molar-refractivity contribution is 6.30. The SMILES string of the molecule is O=C(Cc1ccc(Cl)cc1)NNC(=O)c1c[nH]c2ccccc2c1=O. The molecule has 0 saturated heterocycles. The number of carbonyl (C=O) groups excluding carboxylic acids is 2. The predicted molar refractivity (Wildman–Crippen MR) is 95.3 cm³/mol. The molecule has 25 heavy (non-hydrogen) atoms. The summed E-state index contributed by atoms with van der Waals surface area (Å²) in [5.41, 5.74) is 5.45. The molecule has 0 fully saturated rings.